The summed E-state index contributed by atoms with van der Waals surface area (Å²) in [4.78, 5) is 2.52. The van der Waals surface area contributed by atoms with Gasteiger partial charge in [0.25, 0.3) is 0 Å². The zero-order valence-corrected chi connectivity index (χ0v) is 14.4. The number of nitrogens with two attached hydrogens (primary N) is 1. The van der Waals surface area contributed by atoms with Gasteiger partial charge in [-0.2, -0.15) is 0 Å². The van der Waals surface area contributed by atoms with E-state index in [1.165, 1.54) is 12.0 Å². The van der Waals surface area contributed by atoms with Crippen LogP contribution in [-0.4, -0.2) is 30.1 Å². The van der Waals surface area contributed by atoms with Crippen LogP contribution in [-0.2, 0) is 0 Å². The molecule has 0 aliphatic carbocycles. The molecular weight excluding hydrogens is 316 g/mol. The van der Waals surface area contributed by atoms with Gasteiger partial charge in [0.05, 0.1) is 17.6 Å². The lowest BCUT2D eigenvalue weighted by Crippen LogP contribution is -2.53. The highest BCUT2D eigenvalue weighted by Crippen LogP contribution is 2.38. The lowest BCUT2D eigenvalue weighted by Gasteiger charge is -2.47. The van der Waals surface area contributed by atoms with Crippen LogP contribution in [0, 0.1) is 0 Å². The lowest BCUT2D eigenvalue weighted by molar-refractivity contribution is 0.0384. The van der Waals surface area contributed by atoms with Gasteiger partial charge in [-0.1, -0.05) is 6.07 Å². The number of halogens is 1. The molecule has 0 saturated carbocycles. The van der Waals surface area contributed by atoms with Crippen molar-refractivity contribution in [1.29, 1.82) is 0 Å². The van der Waals surface area contributed by atoms with Gasteiger partial charge in [-0.3, -0.25) is 4.90 Å². The average molecular weight is 341 g/mol. The maximum absolute atomic E-state index is 6.43. The summed E-state index contributed by atoms with van der Waals surface area (Å²) in [6.45, 7) is 7.88. The van der Waals surface area contributed by atoms with E-state index in [1.807, 2.05) is 6.07 Å². The first-order valence-electron chi connectivity index (χ1n) is 7.20. The standard InChI is InChI=1S/C16H25BrN2O/c1-16(2,3)19-9-5-6-13(18)15(19)11-7-8-14(20-4)12(17)10-11/h7-8,10,13,15H,5-6,9,18H2,1-4H3. The predicted molar refractivity (Wildman–Crippen MR) is 87.1 cm³/mol. The largest absolute Gasteiger partial charge is 0.496 e. The molecule has 112 valence electrons. The Hall–Kier alpha value is -0.580. The second kappa shape index (κ2) is 6.04. The van der Waals surface area contributed by atoms with Gasteiger partial charge in [-0.25, -0.2) is 0 Å². The van der Waals surface area contributed by atoms with Crippen molar-refractivity contribution in [2.24, 2.45) is 5.73 Å². The van der Waals surface area contributed by atoms with Crippen molar-refractivity contribution in [2.75, 3.05) is 13.7 Å². The molecule has 1 aromatic rings. The Morgan fingerprint density at radius 1 is 1.35 bits per heavy atom. The fraction of sp³-hybridized carbons (Fsp3) is 0.625. The average Bonchev–Trinajstić information content (AvgIpc) is 2.37. The number of nitrogens with zero attached hydrogens (tertiary/aromatic N) is 1. The molecular formula is C16H25BrN2O. The van der Waals surface area contributed by atoms with Gasteiger partial charge in [0.2, 0.25) is 0 Å². The van der Waals surface area contributed by atoms with Crippen LogP contribution in [0.5, 0.6) is 5.75 Å². The summed E-state index contributed by atoms with van der Waals surface area (Å²) in [7, 11) is 1.69. The Kier molecular flexibility index (Phi) is 4.77. The Morgan fingerprint density at radius 3 is 2.60 bits per heavy atom. The predicted octanol–water partition coefficient (Wildman–Crippen LogP) is 3.72. The summed E-state index contributed by atoms with van der Waals surface area (Å²) in [5, 5.41) is 0. The van der Waals surface area contributed by atoms with Crippen molar-refractivity contribution in [2.45, 2.75) is 51.2 Å². The summed E-state index contributed by atoms with van der Waals surface area (Å²) in [5.41, 5.74) is 7.81. The molecule has 1 aliphatic heterocycles. The molecule has 0 aromatic heterocycles. The first kappa shape index (κ1) is 15.8. The number of piperidine rings is 1. The van der Waals surface area contributed by atoms with Gasteiger partial charge < -0.3 is 10.5 Å². The molecule has 1 fully saturated rings. The van der Waals surface area contributed by atoms with Gasteiger partial charge in [0, 0.05) is 11.6 Å². The smallest absolute Gasteiger partial charge is 0.133 e. The first-order chi connectivity index (χ1) is 9.34. The van der Waals surface area contributed by atoms with Crippen LogP contribution >= 0.6 is 15.9 Å². The van der Waals surface area contributed by atoms with Crippen LogP contribution < -0.4 is 10.5 Å². The molecule has 4 heteroatoms. The fourth-order valence-electron chi connectivity index (χ4n) is 3.07. The highest BCUT2D eigenvalue weighted by atomic mass is 79.9. The van der Waals surface area contributed by atoms with Crippen molar-refractivity contribution >= 4 is 15.9 Å². The van der Waals surface area contributed by atoms with Crippen molar-refractivity contribution < 1.29 is 4.74 Å². The summed E-state index contributed by atoms with van der Waals surface area (Å²) >= 11 is 3.58. The number of ether oxygens (including phenoxy) is 1. The van der Waals surface area contributed by atoms with Crippen LogP contribution in [0.3, 0.4) is 0 Å². The van der Waals surface area contributed by atoms with Gasteiger partial charge in [0.15, 0.2) is 0 Å². The molecule has 2 N–H and O–H groups in total. The minimum absolute atomic E-state index is 0.120. The van der Waals surface area contributed by atoms with Gasteiger partial charge in [0.1, 0.15) is 5.75 Å². The number of likely N-dealkylation sites (tertiary alicyclic amines) is 1. The van der Waals surface area contributed by atoms with Crippen molar-refractivity contribution in [3.05, 3.63) is 28.2 Å². The van der Waals surface area contributed by atoms with Crippen molar-refractivity contribution in [3.8, 4) is 5.75 Å². The SMILES string of the molecule is COc1ccc(C2C(N)CCCN2C(C)(C)C)cc1Br. The second-order valence-corrected chi connectivity index (χ2v) is 7.36. The maximum Gasteiger partial charge on any atom is 0.133 e. The molecule has 2 unspecified atom stereocenters. The summed E-state index contributed by atoms with van der Waals surface area (Å²) in [6, 6.07) is 6.75. The van der Waals surface area contributed by atoms with E-state index in [1.54, 1.807) is 7.11 Å². The van der Waals surface area contributed by atoms with E-state index in [2.05, 4.69) is 53.7 Å². The molecule has 1 aliphatic rings. The van der Waals surface area contributed by atoms with Crippen LogP contribution in [0.2, 0.25) is 0 Å². The van der Waals surface area contributed by atoms with E-state index < -0.39 is 0 Å². The molecule has 0 bridgehead atoms. The molecule has 1 heterocycles. The van der Waals surface area contributed by atoms with Crippen molar-refractivity contribution in [3.63, 3.8) is 0 Å². The molecule has 1 saturated heterocycles. The molecule has 0 radical (unpaired) electrons. The Labute approximate surface area is 130 Å². The lowest BCUT2D eigenvalue weighted by atomic mass is 9.87. The summed E-state index contributed by atoms with van der Waals surface area (Å²) in [6.07, 6.45) is 2.26. The van der Waals surface area contributed by atoms with Crippen LogP contribution in [0.1, 0.15) is 45.2 Å². The third kappa shape index (κ3) is 3.18. The molecule has 2 atom stereocenters. The number of hydrogen-bond donors (Lipinski definition) is 1. The number of methoxy groups -OCH3 is 1. The number of rotatable bonds is 2. The summed E-state index contributed by atoms with van der Waals surface area (Å²) in [5.74, 6) is 0.862. The first-order valence-corrected chi connectivity index (χ1v) is 7.99. The monoisotopic (exact) mass is 340 g/mol. The van der Waals surface area contributed by atoms with E-state index in [0.717, 1.165) is 23.2 Å². The van der Waals surface area contributed by atoms with Gasteiger partial charge >= 0.3 is 0 Å². The van der Waals surface area contributed by atoms with E-state index in [9.17, 15) is 0 Å². The Bertz CT molecular complexity index is 470. The highest BCUT2D eigenvalue weighted by molar-refractivity contribution is 9.10. The Balaban J connectivity index is 2.38. The normalized spacial score (nSPS) is 24.7. The fourth-order valence-corrected chi connectivity index (χ4v) is 3.63. The molecule has 20 heavy (non-hydrogen) atoms. The van der Waals surface area contributed by atoms with Gasteiger partial charge in [-0.05, 0) is 73.8 Å². The quantitative estimate of drug-likeness (QED) is 0.891. The van der Waals surface area contributed by atoms with Crippen molar-refractivity contribution in [1.82, 2.24) is 4.90 Å². The van der Waals surface area contributed by atoms with Crippen LogP contribution in [0.25, 0.3) is 0 Å². The third-order valence-electron chi connectivity index (χ3n) is 4.06. The number of benzene rings is 1. The zero-order chi connectivity index (χ0) is 14.9. The minimum Gasteiger partial charge on any atom is -0.496 e. The van der Waals surface area contributed by atoms with E-state index in [4.69, 9.17) is 10.5 Å². The number of hydrogen-bond acceptors (Lipinski definition) is 3. The Morgan fingerprint density at radius 2 is 2.05 bits per heavy atom. The van der Waals surface area contributed by atoms with E-state index in [-0.39, 0.29) is 17.6 Å². The van der Waals surface area contributed by atoms with Crippen LogP contribution in [0.15, 0.2) is 22.7 Å². The third-order valence-corrected chi connectivity index (χ3v) is 4.68. The molecule has 0 spiro atoms. The molecule has 2 rings (SSSR count). The molecule has 3 nitrogen and oxygen atoms in total. The van der Waals surface area contributed by atoms with Crippen LogP contribution in [0.4, 0.5) is 0 Å². The zero-order valence-electron chi connectivity index (χ0n) is 12.8. The van der Waals surface area contributed by atoms with Gasteiger partial charge in [-0.15, -0.1) is 0 Å². The summed E-state index contributed by atoms with van der Waals surface area (Å²) < 4.78 is 6.31. The van der Waals surface area contributed by atoms with E-state index in [0.29, 0.717) is 0 Å². The maximum atomic E-state index is 6.43. The second-order valence-electron chi connectivity index (χ2n) is 6.51. The highest BCUT2D eigenvalue weighted by Gasteiger charge is 2.36. The van der Waals surface area contributed by atoms with E-state index >= 15 is 0 Å². The molecule has 1 aromatic carbocycles. The minimum atomic E-state index is 0.120. The topological polar surface area (TPSA) is 38.5 Å². The molecule has 0 amide bonds.